The smallest absolute Gasteiger partial charge is 0.322 e. The summed E-state index contributed by atoms with van der Waals surface area (Å²) in [4.78, 5) is 17.5. The van der Waals surface area contributed by atoms with Crippen molar-refractivity contribution in [2.24, 2.45) is 0 Å². The number of nitrogens with zero attached hydrogens (tertiary/aromatic N) is 2. The summed E-state index contributed by atoms with van der Waals surface area (Å²) in [7, 11) is 4.65. The van der Waals surface area contributed by atoms with E-state index >= 15 is 0 Å². The van der Waals surface area contributed by atoms with Gasteiger partial charge in [-0.2, -0.15) is 0 Å². The van der Waals surface area contributed by atoms with Gasteiger partial charge < -0.3 is 33.7 Å². The Balaban J connectivity index is 1.81. The zero-order valence-electron chi connectivity index (χ0n) is 18.1. The minimum atomic E-state index is -0.185. The SMILES string of the molecule is CCN1CCC(N(Cc2ccco2)C(=O)Nc2cc(OC)c(OC)c(OC)c2)CC1. The van der Waals surface area contributed by atoms with Crippen molar-refractivity contribution >= 4 is 11.7 Å². The van der Waals surface area contributed by atoms with Crippen LogP contribution < -0.4 is 19.5 Å². The van der Waals surface area contributed by atoms with Crippen molar-refractivity contribution in [3.8, 4) is 17.2 Å². The van der Waals surface area contributed by atoms with Crippen LogP contribution in [-0.2, 0) is 6.54 Å². The Morgan fingerprint density at radius 3 is 2.33 bits per heavy atom. The van der Waals surface area contributed by atoms with Crippen LogP contribution in [0.2, 0.25) is 0 Å². The number of hydrogen-bond donors (Lipinski definition) is 1. The van der Waals surface area contributed by atoms with E-state index < -0.39 is 0 Å². The third-order valence-corrected chi connectivity index (χ3v) is 5.53. The second-order valence-electron chi connectivity index (χ2n) is 7.22. The van der Waals surface area contributed by atoms with Crippen LogP contribution >= 0.6 is 0 Å². The quantitative estimate of drug-likeness (QED) is 0.704. The highest BCUT2D eigenvalue weighted by atomic mass is 16.5. The predicted octanol–water partition coefficient (Wildman–Crippen LogP) is 3.82. The van der Waals surface area contributed by atoms with Crippen molar-refractivity contribution in [2.75, 3.05) is 46.3 Å². The van der Waals surface area contributed by atoms with Gasteiger partial charge in [-0.05, 0) is 31.5 Å². The van der Waals surface area contributed by atoms with Crippen LogP contribution in [-0.4, -0.2) is 62.8 Å². The van der Waals surface area contributed by atoms with E-state index in [1.165, 1.54) is 0 Å². The van der Waals surface area contributed by atoms with E-state index in [4.69, 9.17) is 18.6 Å². The van der Waals surface area contributed by atoms with E-state index in [0.29, 0.717) is 29.5 Å². The minimum absolute atomic E-state index is 0.139. The number of methoxy groups -OCH3 is 3. The summed E-state index contributed by atoms with van der Waals surface area (Å²) >= 11 is 0. The molecule has 0 bridgehead atoms. The Hall–Kier alpha value is -2.87. The number of amides is 2. The molecule has 1 aliphatic heterocycles. The van der Waals surface area contributed by atoms with Crippen LogP contribution in [0.1, 0.15) is 25.5 Å². The molecular formula is C22H31N3O5. The molecule has 1 aromatic carbocycles. The topological polar surface area (TPSA) is 76.4 Å². The van der Waals surface area contributed by atoms with Gasteiger partial charge >= 0.3 is 6.03 Å². The number of carbonyl (C=O) groups is 1. The number of ether oxygens (including phenoxy) is 3. The van der Waals surface area contributed by atoms with Gasteiger partial charge in [-0.25, -0.2) is 4.79 Å². The summed E-state index contributed by atoms with van der Waals surface area (Å²) in [6, 6.07) is 7.13. The van der Waals surface area contributed by atoms with Gasteiger partial charge in [0.2, 0.25) is 5.75 Å². The molecule has 1 aromatic heterocycles. The van der Waals surface area contributed by atoms with Gasteiger partial charge in [-0.3, -0.25) is 0 Å². The number of carbonyl (C=O) groups excluding carboxylic acids is 1. The van der Waals surface area contributed by atoms with Gasteiger partial charge in [-0.15, -0.1) is 0 Å². The Bertz CT molecular complexity index is 791. The number of nitrogens with one attached hydrogen (secondary N) is 1. The lowest BCUT2D eigenvalue weighted by molar-refractivity contribution is 0.121. The number of urea groups is 1. The lowest BCUT2D eigenvalue weighted by Gasteiger charge is -2.37. The highest BCUT2D eigenvalue weighted by Gasteiger charge is 2.29. The number of anilines is 1. The Morgan fingerprint density at radius 1 is 1.17 bits per heavy atom. The molecule has 2 aromatic rings. The molecular weight excluding hydrogens is 386 g/mol. The average molecular weight is 418 g/mol. The summed E-state index contributed by atoms with van der Waals surface area (Å²) < 4.78 is 21.7. The molecule has 1 fully saturated rings. The zero-order valence-corrected chi connectivity index (χ0v) is 18.1. The Morgan fingerprint density at radius 2 is 1.83 bits per heavy atom. The van der Waals surface area contributed by atoms with Gasteiger partial charge in [0.15, 0.2) is 11.5 Å². The van der Waals surface area contributed by atoms with Crippen LogP contribution in [0, 0.1) is 0 Å². The van der Waals surface area contributed by atoms with Crippen LogP contribution in [0.15, 0.2) is 34.9 Å². The summed E-state index contributed by atoms with van der Waals surface area (Å²) in [6.45, 7) is 5.57. The second kappa shape index (κ2) is 10.2. The predicted molar refractivity (Wildman–Crippen MR) is 115 cm³/mol. The van der Waals surface area contributed by atoms with Crippen molar-refractivity contribution in [1.29, 1.82) is 0 Å². The monoisotopic (exact) mass is 417 g/mol. The standard InChI is InChI=1S/C22H31N3O5/c1-5-24-10-8-17(9-11-24)25(15-18-7-6-12-30-18)22(26)23-16-13-19(27-2)21(29-4)20(14-16)28-3/h6-7,12-14,17H,5,8-11,15H2,1-4H3,(H,23,26). The highest BCUT2D eigenvalue weighted by Crippen LogP contribution is 2.40. The lowest BCUT2D eigenvalue weighted by atomic mass is 10.0. The average Bonchev–Trinajstić information content (AvgIpc) is 3.30. The number of benzene rings is 1. The number of rotatable bonds is 8. The second-order valence-corrected chi connectivity index (χ2v) is 7.22. The van der Waals surface area contributed by atoms with Crippen LogP contribution in [0.3, 0.4) is 0 Å². The van der Waals surface area contributed by atoms with E-state index in [-0.39, 0.29) is 12.1 Å². The maximum Gasteiger partial charge on any atom is 0.322 e. The van der Waals surface area contributed by atoms with E-state index in [0.717, 1.165) is 38.2 Å². The molecule has 0 atom stereocenters. The van der Waals surface area contributed by atoms with Gasteiger partial charge in [0, 0.05) is 31.3 Å². The molecule has 2 heterocycles. The lowest BCUT2D eigenvalue weighted by Crippen LogP contribution is -2.48. The minimum Gasteiger partial charge on any atom is -0.493 e. The largest absolute Gasteiger partial charge is 0.493 e. The van der Waals surface area contributed by atoms with Crippen molar-refractivity contribution in [3.05, 3.63) is 36.3 Å². The fraction of sp³-hybridized carbons (Fsp3) is 0.500. The van der Waals surface area contributed by atoms with Gasteiger partial charge in [-0.1, -0.05) is 6.92 Å². The third kappa shape index (κ3) is 4.99. The van der Waals surface area contributed by atoms with Crippen LogP contribution in [0.4, 0.5) is 10.5 Å². The molecule has 1 saturated heterocycles. The first-order chi connectivity index (χ1) is 14.6. The van der Waals surface area contributed by atoms with E-state index in [9.17, 15) is 4.79 Å². The van der Waals surface area contributed by atoms with Gasteiger partial charge in [0.05, 0.1) is 39.8 Å². The molecule has 8 heteroatoms. The van der Waals surface area contributed by atoms with Gasteiger partial charge in [0.25, 0.3) is 0 Å². The molecule has 2 amide bonds. The first-order valence-corrected chi connectivity index (χ1v) is 10.2. The summed E-state index contributed by atoms with van der Waals surface area (Å²) in [6.07, 6.45) is 3.48. The maximum atomic E-state index is 13.3. The molecule has 164 valence electrons. The Kier molecular flexibility index (Phi) is 7.46. The van der Waals surface area contributed by atoms with E-state index in [2.05, 4.69) is 17.1 Å². The first-order valence-electron chi connectivity index (χ1n) is 10.2. The maximum absolute atomic E-state index is 13.3. The van der Waals surface area contributed by atoms with Crippen molar-refractivity contribution < 1.29 is 23.4 Å². The molecule has 1 N–H and O–H groups in total. The number of hydrogen-bond acceptors (Lipinski definition) is 6. The number of furan rings is 1. The molecule has 0 radical (unpaired) electrons. The molecule has 0 unspecified atom stereocenters. The van der Waals surface area contributed by atoms with Crippen LogP contribution in [0.5, 0.6) is 17.2 Å². The summed E-state index contributed by atoms with van der Waals surface area (Å²) in [5, 5.41) is 2.99. The Labute approximate surface area is 177 Å². The molecule has 1 aliphatic rings. The number of likely N-dealkylation sites (tertiary alicyclic amines) is 1. The van der Waals surface area contributed by atoms with E-state index in [1.54, 1.807) is 39.7 Å². The van der Waals surface area contributed by atoms with Crippen molar-refractivity contribution in [2.45, 2.75) is 32.4 Å². The summed E-state index contributed by atoms with van der Waals surface area (Å²) in [5.74, 6) is 2.22. The molecule has 0 saturated carbocycles. The number of piperidine rings is 1. The fourth-order valence-electron chi connectivity index (χ4n) is 3.83. The highest BCUT2D eigenvalue weighted by molar-refractivity contribution is 5.90. The zero-order chi connectivity index (χ0) is 21.5. The molecule has 30 heavy (non-hydrogen) atoms. The third-order valence-electron chi connectivity index (χ3n) is 5.53. The van der Waals surface area contributed by atoms with E-state index in [1.807, 2.05) is 17.0 Å². The van der Waals surface area contributed by atoms with Crippen LogP contribution in [0.25, 0.3) is 0 Å². The summed E-state index contributed by atoms with van der Waals surface area (Å²) in [5.41, 5.74) is 0.574. The normalized spacial score (nSPS) is 14.9. The molecule has 8 nitrogen and oxygen atoms in total. The van der Waals surface area contributed by atoms with Gasteiger partial charge in [0.1, 0.15) is 5.76 Å². The molecule has 0 spiro atoms. The first kappa shape index (κ1) is 21.8. The molecule has 0 aliphatic carbocycles. The fourth-order valence-corrected chi connectivity index (χ4v) is 3.83. The van der Waals surface area contributed by atoms with Crippen molar-refractivity contribution in [3.63, 3.8) is 0 Å². The molecule has 3 rings (SSSR count). The van der Waals surface area contributed by atoms with Crippen molar-refractivity contribution in [1.82, 2.24) is 9.80 Å².